The number of benzene rings is 1. The van der Waals surface area contributed by atoms with E-state index in [1.807, 2.05) is 0 Å². The molecule has 0 amide bonds. The van der Waals surface area contributed by atoms with E-state index in [1.165, 1.54) is 6.07 Å². The number of carboxylic acids is 1. The lowest BCUT2D eigenvalue weighted by Gasteiger charge is -2.29. The van der Waals surface area contributed by atoms with Crippen molar-refractivity contribution in [2.75, 3.05) is 0 Å². The number of oxime groups is 1. The van der Waals surface area contributed by atoms with Crippen molar-refractivity contribution in [3.8, 4) is 0 Å². The van der Waals surface area contributed by atoms with Gasteiger partial charge < -0.3 is 9.94 Å². The standard InChI is InChI=1S/C15H12Cl2F3NO3/c1-2-8(13(22)23)3-12-7-14(24-21-12,15(18,19)20)9-4-10(16)6-11(17)5-9/h3-6H,2,7H2,1H3,(H,22,23)/b8-3+. The third-order valence-electron chi connectivity index (χ3n) is 3.53. The molecule has 130 valence electrons. The lowest BCUT2D eigenvalue weighted by atomic mass is 9.87. The predicted molar refractivity (Wildman–Crippen MR) is 83.3 cm³/mol. The number of halogens is 5. The highest BCUT2D eigenvalue weighted by Gasteiger charge is 2.62. The highest BCUT2D eigenvalue weighted by molar-refractivity contribution is 6.34. The molecule has 1 aromatic rings. The van der Waals surface area contributed by atoms with Gasteiger partial charge in [0, 0.05) is 27.6 Å². The second kappa shape index (κ2) is 6.64. The van der Waals surface area contributed by atoms with Gasteiger partial charge in [0.1, 0.15) is 0 Å². The van der Waals surface area contributed by atoms with Gasteiger partial charge in [0.05, 0.1) is 5.71 Å². The number of aliphatic carboxylic acids is 1. The molecule has 0 bridgehead atoms. The molecule has 1 unspecified atom stereocenters. The van der Waals surface area contributed by atoms with Crippen molar-refractivity contribution >= 4 is 34.9 Å². The fourth-order valence-corrected chi connectivity index (χ4v) is 2.83. The van der Waals surface area contributed by atoms with Gasteiger partial charge in [-0.2, -0.15) is 13.2 Å². The molecule has 1 heterocycles. The van der Waals surface area contributed by atoms with Crippen LogP contribution in [0.25, 0.3) is 0 Å². The molecule has 0 saturated carbocycles. The van der Waals surface area contributed by atoms with Crippen LogP contribution in [0.1, 0.15) is 25.3 Å². The Morgan fingerprint density at radius 3 is 2.42 bits per heavy atom. The van der Waals surface area contributed by atoms with Crippen LogP contribution in [0.2, 0.25) is 10.0 Å². The number of hydrogen-bond donors (Lipinski definition) is 1. The lowest BCUT2D eigenvalue weighted by molar-refractivity contribution is -0.275. The number of hydrogen-bond acceptors (Lipinski definition) is 3. The molecule has 0 saturated heterocycles. The van der Waals surface area contributed by atoms with Crippen LogP contribution >= 0.6 is 23.2 Å². The van der Waals surface area contributed by atoms with Crippen LogP contribution in [0.15, 0.2) is 35.0 Å². The third-order valence-corrected chi connectivity index (χ3v) is 3.97. The van der Waals surface area contributed by atoms with Gasteiger partial charge in [-0.25, -0.2) is 4.79 Å². The maximum atomic E-state index is 13.7. The van der Waals surface area contributed by atoms with Crippen LogP contribution in [0.5, 0.6) is 0 Å². The highest BCUT2D eigenvalue weighted by Crippen LogP contribution is 2.49. The molecule has 0 aliphatic carbocycles. The Balaban J connectivity index is 2.46. The van der Waals surface area contributed by atoms with E-state index < -0.39 is 24.2 Å². The minimum Gasteiger partial charge on any atom is -0.478 e. The molecule has 0 radical (unpaired) electrons. The van der Waals surface area contributed by atoms with E-state index in [0.717, 1.165) is 18.2 Å². The maximum absolute atomic E-state index is 13.7. The smallest absolute Gasteiger partial charge is 0.435 e. The number of rotatable bonds is 4. The summed E-state index contributed by atoms with van der Waals surface area (Å²) < 4.78 is 41.1. The quantitative estimate of drug-likeness (QED) is 0.750. The average Bonchev–Trinajstić information content (AvgIpc) is 2.88. The highest BCUT2D eigenvalue weighted by atomic mass is 35.5. The molecule has 1 N–H and O–H groups in total. The Labute approximate surface area is 145 Å². The minimum absolute atomic E-state index is 0.0218. The molecule has 1 aliphatic rings. The summed E-state index contributed by atoms with van der Waals surface area (Å²) in [5, 5.41) is 12.5. The fraction of sp³-hybridized carbons (Fsp3) is 0.333. The molecule has 1 atom stereocenters. The Bertz CT molecular complexity index is 711. The summed E-state index contributed by atoms with van der Waals surface area (Å²) in [6.45, 7) is 1.57. The van der Waals surface area contributed by atoms with Crippen LogP contribution < -0.4 is 0 Å². The molecule has 9 heteroatoms. The van der Waals surface area contributed by atoms with E-state index in [-0.39, 0.29) is 33.3 Å². The first-order valence-corrected chi connectivity index (χ1v) is 7.57. The molecule has 24 heavy (non-hydrogen) atoms. The van der Waals surface area contributed by atoms with Crippen molar-refractivity contribution in [3.63, 3.8) is 0 Å². The van der Waals surface area contributed by atoms with Crippen LogP contribution in [0.3, 0.4) is 0 Å². The van der Waals surface area contributed by atoms with Crippen molar-refractivity contribution in [3.05, 3.63) is 45.5 Å². The SMILES string of the molecule is CC/C(=C\C1=NOC(c2cc(Cl)cc(Cl)c2)(C(F)(F)F)C1)C(=O)O. The zero-order valence-electron chi connectivity index (χ0n) is 12.3. The van der Waals surface area contributed by atoms with Gasteiger partial charge in [-0.1, -0.05) is 35.3 Å². The second-order valence-electron chi connectivity index (χ2n) is 5.16. The Morgan fingerprint density at radius 1 is 1.38 bits per heavy atom. The minimum atomic E-state index is -4.81. The van der Waals surface area contributed by atoms with Gasteiger partial charge in [-0.15, -0.1) is 0 Å². The van der Waals surface area contributed by atoms with Crippen LogP contribution in [0.4, 0.5) is 13.2 Å². The first-order valence-electron chi connectivity index (χ1n) is 6.81. The van der Waals surface area contributed by atoms with Crippen molar-refractivity contribution in [2.24, 2.45) is 5.16 Å². The topological polar surface area (TPSA) is 58.9 Å². The number of alkyl halides is 3. The summed E-state index contributed by atoms with van der Waals surface area (Å²) in [6.07, 6.45) is -4.27. The number of allylic oxidation sites excluding steroid dienone is 1. The monoisotopic (exact) mass is 381 g/mol. The van der Waals surface area contributed by atoms with Gasteiger partial charge in [0.15, 0.2) is 0 Å². The largest absolute Gasteiger partial charge is 0.478 e. The normalized spacial score (nSPS) is 21.4. The first-order chi connectivity index (χ1) is 11.1. The number of carboxylic acid groups (broad SMARTS) is 1. The molecule has 0 fully saturated rings. The summed E-state index contributed by atoms with van der Waals surface area (Å²) in [4.78, 5) is 15.8. The van der Waals surface area contributed by atoms with E-state index in [0.29, 0.717) is 0 Å². The van der Waals surface area contributed by atoms with Crippen molar-refractivity contribution in [1.29, 1.82) is 0 Å². The Hall–Kier alpha value is -1.73. The Morgan fingerprint density at radius 2 is 1.96 bits per heavy atom. The fourth-order valence-electron chi connectivity index (χ4n) is 2.31. The van der Waals surface area contributed by atoms with Crippen molar-refractivity contribution in [1.82, 2.24) is 0 Å². The number of carbonyl (C=O) groups is 1. The molecular weight excluding hydrogens is 370 g/mol. The van der Waals surface area contributed by atoms with Crippen molar-refractivity contribution in [2.45, 2.75) is 31.5 Å². The van der Waals surface area contributed by atoms with E-state index in [2.05, 4.69) is 5.16 Å². The molecule has 1 aliphatic heterocycles. The summed E-state index contributed by atoms with van der Waals surface area (Å²) in [6, 6.07) is 3.50. The zero-order valence-corrected chi connectivity index (χ0v) is 13.8. The molecule has 0 aromatic heterocycles. The summed E-state index contributed by atoms with van der Waals surface area (Å²) in [5.41, 5.74) is -3.25. The van der Waals surface area contributed by atoms with E-state index in [1.54, 1.807) is 6.92 Å². The molecule has 2 rings (SSSR count). The van der Waals surface area contributed by atoms with Crippen molar-refractivity contribution < 1.29 is 27.9 Å². The number of nitrogens with zero attached hydrogens (tertiary/aromatic N) is 1. The summed E-state index contributed by atoms with van der Waals surface area (Å²) >= 11 is 11.6. The predicted octanol–water partition coefficient (Wildman–Crippen LogP) is 4.95. The molecular formula is C15H12Cl2F3NO3. The first kappa shape index (κ1) is 18.6. The van der Waals surface area contributed by atoms with Crippen LogP contribution in [-0.2, 0) is 15.2 Å². The summed E-state index contributed by atoms with van der Waals surface area (Å²) in [5.74, 6) is -1.23. The zero-order chi connectivity index (χ0) is 18.1. The van der Waals surface area contributed by atoms with Crippen LogP contribution in [-0.4, -0.2) is 23.0 Å². The Kier molecular flexibility index (Phi) is 5.15. The third kappa shape index (κ3) is 3.52. The molecule has 4 nitrogen and oxygen atoms in total. The average molecular weight is 382 g/mol. The van der Waals surface area contributed by atoms with Gasteiger partial charge in [0.25, 0.3) is 5.60 Å². The van der Waals surface area contributed by atoms with Gasteiger partial charge in [-0.3, -0.25) is 0 Å². The van der Waals surface area contributed by atoms with Gasteiger partial charge in [0.2, 0.25) is 0 Å². The second-order valence-corrected chi connectivity index (χ2v) is 6.03. The van der Waals surface area contributed by atoms with E-state index in [4.69, 9.17) is 33.1 Å². The van der Waals surface area contributed by atoms with Gasteiger partial charge >= 0.3 is 12.1 Å². The van der Waals surface area contributed by atoms with Crippen LogP contribution in [0, 0.1) is 0 Å². The molecule has 1 aromatic carbocycles. The van der Waals surface area contributed by atoms with Gasteiger partial charge in [-0.05, 0) is 30.7 Å². The van der Waals surface area contributed by atoms with E-state index >= 15 is 0 Å². The maximum Gasteiger partial charge on any atom is 0.435 e. The lowest BCUT2D eigenvalue weighted by Crippen LogP contribution is -2.42. The molecule has 0 spiro atoms. The van der Waals surface area contributed by atoms with E-state index in [9.17, 15) is 18.0 Å². The summed E-state index contributed by atoms with van der Waals surface area (Å²) in [7, 11) is 0.